The molecule has 0 unspecified atom stereocenters. The number of para-hydroxylation sites is 1. The van der Waals surface area contributed by atoms with Gasteiger partial charge in [-0.15, -0.1) is 0 Å². The minimum atomic E-state index is -0.739. The van der Waals surface area contributed by atoms with Crippen LogP contribution in [0.15, 0.2) is 70.1 Å². The molecule has 0 fully saturated rings. The van der Waals surface area contributed by atoms with E-state index in [1.165, 1.54) is 43.7 Å². The molecule has 4 aromatic rings. The molecule has 4 rings (SSSR count). The zero-order valence-electron chi connectivity index (χ0n) is 17.3. The lowest BCUT2D eigenvalue weighted by Gasteiger charge is -2.10. The number of nitrogens with zero attached hydrogens (tertiary/aromatic N) is 1. The van der Waals surface area contributed by atoms with E-state index in [2.05, 4.69) is 20.0 Å². The Labute approximate surface area is 186 Å². The Bertz CT molecular complexity index is 1410. The molecular formula is C23H17N3O7. The summed E-state index contributed by atoms with van der Waals surface area (Å²) < 4.78 is 15.0. The molecule has 2 heterocycles. The fourth-order valence-electron chi connectivity index (χ4n) is 3.07. The second kappa shape index (κ2) is 9.18. The summed E-state index contributed by atoms with van der Waals surface area (Å²) in [6, 6.07) is 13.7. The van der Waals surface area contributed by atoms with E-state index >= 15 is 0 Å². The van der Waals surface area contributed by atoms with Gasteiger partial charge in [0.25, 0.3) is 11.5 Å². The smallest absolute Gasteiger partial charge is 0.340 e. The van der Waals surface area contributed by atoms with Crippen molar-refractivity contribution in [3.8, 4) is 0 Å². The molecule has 0 atom stereocenters. The third-order valence-corrected chi connectivity index (χ3v) is 4.66. The molecular weight excluding hydrogens is 430 g/mol. The van der Waals surface area contributed by atoms with Crippen molar-refractivity contribution < 1.29 is 28.3 Å². The lowest BCUT2D eigenvalue weighted by atomic mass is 10.1. The van der Waals surface area contributed by atoms with Crippen LogP contribution in [0.25, 0.3) is 10.9 Å². The van der Waals surface area contributed by atoms with Gasteiger partial charge in [-0.25, -0.2) is 14.6 Å². The van der Waals surface area contributed by atoms with Crippen LogP contribution in [-0.2, 0) is 16.1 Å². The summed E-state index contributed by atoms with van der Waals surface area (Å²) in [6.07, 6.45) is 1.36. The molecule has 33 heavy (non-hydrogen) atoms. The highest BCUT2D eigenvalue weighted by molar-refractivity contribution is 6.06. The van der Waals surface area contributed by atoms with Gasteiger partial charge in [0, 0.05) is 0 Å². The summed E-state index contributed by atoms with van der Waals surface area (Å²) in [4.78, 5) is 55.8. The van der Waals surface area contributed by atoms with Crippen molar-refractivity contribution in [3.05, 3.63) is 93.9 Å². The maximum atomic E-state index is 12.7. The number of hydrogen-bond donors (Lipinski definition) is 2. The predicted octanol–water partition coefficient (Wildman–Crippen LogP) is 2.91. The van der Waals surface area contributed by atoms with Crippen LogP contribution in [0.2, 0.25) is 0 Å². The molecule has 0 aliphatic rings. The lowest BCUT2D eigenvalue weighted by Crippen LogP contribution is -2.17. The number of nitrogens with one attached hydrogen (secondary N) is 2. The van der Waals surface area contributed by atoms with E-state index < -0.39 is 23.4 Å². The second-order valence-electron chi connectivity index (χ2n) is 6.79. The van der Waals surface area contributed by atoms with Crippen LogP contribution < -0.4 is 10.9 Å². The molecule has 10 heteroatoms. The molecule has 2 N–H and O–H groups in total. The van der Waals surface area contributed by atoms with E-state index in [0.717, 1.165) is 0 Å². The Balaban J connectivity index is 1.52. The molecule has 10 nitrogen and oxygen atoms in total. The minimum Gasteiger partial charge on any atom is -0.465 e. The number of fused-ring (bicyclic) bond motifs is 1. The van der Waals surface area contributed by atoms with Gasteiger partial charge in [0.2, 0.25) is 0 Å². The molecule has 0 saturated carbocycles. The second-order valence-corrected chi connectivity index (χ2v) is 6.79. The Hall–Kier alpha value is -4.73. The van der Waals surface area contributed by atoms with Gasteiger partial charge in [0.05, 0.1) is 41.1 Å². The molecule has 0 radical (unpaired) electrons. The molecule has 2 aromatic carbocycles. The number of hydrogen-bond acceptors (Lipinski definition) is 8. The van der Waals surface area contributed by atoms with Crippen LogP contribution in [0.5, 0.6) is 0 Å². The number of benzene rings is 2. The third kappa shape index (κ3) is 4.64. The summed E-state index contributed by atoms with van der Waals surface area (Å²) in [5.74, 6) is -1.67. The molecule has 0 spiro atoms. The first-order valence-electron chi connectivity index (χ1n) is 9.68. The van der Waals surface area contributed by atoms with E-state index in [0.29, 0.717) is 0 Å². The highest BCUT2D eigenvalue weighted by atomic mass is 16.5. The van der Waals surface area contributed by atoms with Crippen LogP contribution in [-0.4, -0.2) is 34.9 Å². The van der Waals surface area contributed by atoms with E-state index in [9.17, 15) is 19.2 Å². The first kappa shape index (κ1) is 21.5. The highest BCUT2D eigenvalue weighted by Gasteiger charge is 2.17. The highest BCUT2D eigenvalue weighted by Crippen LogP contribution is 2.18. The van der Waals surface area contributed by atoms with Gasteiger partial charge in [-0.05, 0) is 42.5 Å². The van der Waals surface area contributed by atoms with Gasteiger partial charge in [-0.2, -0.15) is 0 Å². The van der Waals surface area contributed by atoms with Crippen molar-refractivity contribution in [2.45, 2.75) is 6.61 Å². The number of anilines is 1. The zero-order chi connectivity index (χ0) is 23.4. The fraction of sp³-hybridized carbons (Fsp3) is 0.0870. The lowest BCUT2D eigenvalue weighted by molar-refractivity contribution is 0.0463. The number of aromatic nitrogens is 2. The van der Waals surface area contributed by atoms with Gasteiger partial charge in [0.1, 0.15) is 12.4 Å². The van der Waals surface area contributed by atoms with Gasteiger partial charge in [-0.1, -0.05) is 12.1 Å². The van der Waals surface area contributed by atoms with E-state index in [1.54, 1.807) is 24.3 Å². The number of ether oxygens (including phenoxy) is 2. The number of rotatable bonds is 6. The van der Waals surface area contributed by atoms with E-state index in [-0.39, 0.29) is 45.9 Å². The van der Waals surface area contributed by atoms with Crippen LogP contribution in [0, 0.1) is 0 Å². The summed E-state index contributed by atoms with van der Waals surface area (Å²) in [5.41, 5.74) is 0.361. The molecule has 0 aliphatic carbocycles. The first-order valence-corrected chi connectivity index (χ1v) is 9.68. The van der Waals surface area contributed by atoms with Crippen molar-refractivity contribution in [3.63, 3.8) is 0 Å². The Morgan fingerprint density at radius 2 is 1.88 bits per heavy atom. The van der Waals surface area contributed by atoms with E-state index in [4.69, 9.17) is 9.15 Å². The predicted molar refractivity (Wildman–Crippen MR) is 116 cm³/mol. The van der Waals surface area contributed by atoms with Crippen molar-refractivity contribution in [2.75, 3.05) is 12.4 Å². The Morgan fingerprint density at radius 1 is 1.06 bits per heavy atom. The maximum Gasteiger partial charge on any atom is 0.340 e. The monoisotopic (exact) mass is 447 g/mol. The molecule has 2 aromatic heterocycles. The topological polar surface area (TPSA) is 141 Å². The van der Waals surface area contributed by atoms with Crippen molar-refractivity contribution in [1.29, 1.82) is 0 Å². The van der Waals surface area contributed by atoms with E-state index in [1.807, 2.05) is 0 Å². The first-order chi connectivity index (χ1) is 16.0. The number of carbonyl (C=O) groups excluding carboxylic acids is 3. The largest absolute Gasteiger partial charge is 0.465 e. The van der Waals surface area contributed by atoms with Crippen molar-refractivity contribution >= 4 is 34.4 Å². The number of aromatic amines is 1. The van der Waals surface area contributed by atoms with Crippen LogP contribution in [0.3, 0.4) is 0 Å². The molecule has 0 bridgehead atoms. The van der Waals surface area contributed by atoms with Crippen molar-refractivity contribution in [2.24, 2.45) is 0 Å². The summed E-state index contributed by atoms with van der Waals surface area (Å²) in [6.45, 7) is -0.340. The van der Waals surface area contributed by atoms with Crippen LogP contribution in [0.1, 0.15) is 37.1 Å². The number of H-pyrrole nitrogens is 1. The van der Waals surface area contributed by atoms with Gasteiger partial charge >= 0.3 is 11.9 Å². The normalized spacial score (nSPS) is 10.6. The maximum absolute atomic E-state index is 12.7. The molecule has 0 saturated heterocycles. The number of esters is 2. The number of furan rings is 1. The quantitative estimate of drug-likeness (QED) is 0.430. The summed E-state index contributed by atoms with van der Waals surface area (Å²) in [5, 5.41) is 2.86. The van der Waals surface area contributed by atoms with Crippen molar-refractivity contribution in [1.82, 2.24) is 9.97 Å². The standard InChI is InChI=1S/C23H17N3O7/c1-31-22(29)13-8-9-14-17(11-13)24-19(26-20(14)27)12-33-23(30)15-5-2-3-6-16(15)25-21(28)18-7-4-10-32-18/h2-11H,12H2,1H3,(H,25,28)(H,24,26,27). The van der Waals surface area contributed by atoms with Crippen LogP contribution >= 0.6 is 0 Å². The SMILES string of the molecule is COC(=O)c1ccc2c(=O)[nH]c(COC(=O)c3ccccc3NC(=O)c3ccco3)nc2c1. The summed E-state index contributed by atoms with van der Waals surface area (Å²) >= 11 is 0. The fourth-order valence-corrected chi connectivity index (χ4v) is 3.07. The molecule has 1 amide bonds. The minimum absolute atomic E-state index is 0.0833. The number of amides is 1. The summed E-state index contributed by atoms with van der Waals surface area (Å²) in [7, 11) is 1.25. The molecule has 166 valence electrons. The van der Waals surface area contributed by atoms with Gasteiger partial charge in [-0.3, -0.25) is 9.59 Å². The van der Waals surface area contributed by atoms with Crippen LogP contribution in [0.4, 0.5) is 5.69 Å². The third-order valence-electron chi connectivity index (χ3n) is 4.66. The number of carbonyl (C=O) groups is 3. The average Bonchev–Trinajstić information content (AvgIpc) is 3.37. The van der Waals surface area contributed by atoms with Gasteiger partial charge in [0.15, 0.2) is 5.76 Å². The Morgan fingerprint density at radius 3 is 2.64 bits per heavy atom. The average molecular weight is 447 g/mol. The molecule has 0 aliphatic heterocycles. The zero-order valence-corrected chi connectivity index (χ0v) is 17.3. The Kier molecular flexibility index (Phi) is 5.98. The van der Waals surface area contributed by atoms with Gasteiger partial charge < -0.3 is 24.2 Å². The number of methoxy groups -OCH3 is 1.